The molecule has 74 heavy (non-hydrogen) atoms. The largest absolute Gasteiger partial charge is 0.457 e. The molecule has 364 valence electrons. The highest BCUT2D eigenvalue weighted by atomic mass is 16.5. The van der Waals surface area contributed by atoms with Gasteiger partial charge in [-0.05, 0) is 178 Å². The van der Waals surface area contributed by atoms with Crippen molar-refractivity contribution in [2.24, 2.45) is 0 Å². The number of ether oxygens (including phenoxy) is 1. The molecular formula is C69H62N4O. The van der Waals surface area contributed by atoms with Crippen LogP contribution in [0.15, 0.2) is 231 Å². The first-order valence-electron chi connectivity index (χ1n) is 25.7. The summed E-state index contributed by atoms with van der Waals surface area (Å²) in [4.78, 5) is 15.0. The Morgan fingerprint density at radius 2 is 1.01 bits per heavy atom. The van der Waals surface area contributed by atoms with Crippen LogP contribution in [0.25, 0.3) is 22.4 Å². The highest BCUT2D eigenvalue weighted by Crippen LogP contribution is 2.57. The topological polar surface area (TPSA) is 41.5 Å². The predicted molar refractivity (Wildman–Crippen MR) is 308 cm³/mol. The molecule has 0 bridgehead atoms. The van der Waals surface area contributed by atoms with Gasteiger partial charge < -0.3 is 14.5 Å². The van der Waals surface area contributed by atoms with Crippen molar-refractivity contribution in [1.29, 1.82) is 0 Å². The number of hydrogen-bond acceptors (Lipinski definition) is 5. The van der Waals surface area contributed by atoms with E-state index in [0.29, 0.717) is 11.5 Å². The maximum Gasteiger partial charge on any atom is 0.128 e. The average molecular weight is 963 g/mol. The molecule has 1 aliphatic rings. The van der Waals surface area contributed by atoms with E-state index in [1.165, 1.54) is 27.8 Å². The number of fused-ring (bicyclic) bond motifs is 2. The minimum absolute atomic E-state index is 0.0286. The lowest BCUT2D eigenvalue weighted by Crippen LogP contribution is -2.38. The third-order valence-corrected chi connectivity index (χ3v) is 14.6. The maximum atomic E-state index is 7.19. The van der Waals surface area contributed by atoms with Crippen LogP contribution < -0.4 is 14.5 Å². The van der Waals surface area contributed by atoms with Gasteiger partial charge in [0.2, 0.25) is 0 Å². The Labute approximate surface area is 437 Å². The number of pyridine rings is 2. The van der Waals surface area contributed by atoms with E-state index in [9.17, 15) is 0 Å². The van der Waals surface area contributed by atoms with Crippen LogP contribution in [0.4, 0.5) is 34.1 Å². The Hall–Kier alpha value is -8.54. The zero-order valence-corrected chi connectivity index (χ0v) is 43.6. The van der Waals surface area contributed by atoms with E-state index >= 15 is 0 Å². The summed E-state index contributed by atoms with van der Waals surface area (Å²) in [7, 11) is 0. The van der Waals surface area contributed by atoms with Gasteiger partial charge in [-0.1, -0.05) is 157 Å². The van der Waals surface area contributed by atoms with Crippen molar-refractivity contribution in [2.75, 3.05) is 9.80 Å². The fourth-order valence-electron chi connectivity index (χ4n) is 11.0. The van der Waals surface area contributed by atoms with Gasteiger partial charge in [-0.3, -0.25) is 9.97 Å². The van der Waals surface area contributed by atoms with Gasteiger partial charge in [0.1, 0.15) is 11.5 Å². The Kier molecular flexibility index (Phi) is 12.4. The Morgan fingerprint density at radius 1 is 0.446 bits per heavy atom. The predicted octanol–water partition coefficient (Wildman–Crippen LogP) is 18.5. The van der Waals surface area contributed by atoms with Gasteiger partial charge in [0.05, 0.1) is 28.2 Å². The number of hydrogen-bond donors (Lipinski definition) is 0. The minimum Gasteiger partial charge on any atom is -0.457 e. The summed E-state index contributed by atoms with van der Waals surface area (Å²) in [6.45, 7) is 17.9. The lowest BCUT2D eigenvalue weighted by molar-refractivity contribution is 0.481. The van der Waals surface area contributed by atoms with Gasteiger partial charge in [0.25, 0.3) is 0 Å². The number of aryl methyl sites for hydroxylation is 2. The lowest BCUT2D eigenvalue weighted by atomic mass is 9.64. The molecule has 0 N–H and O–H groups in total. The second-order valence-corrected chi connectivity index (χ2v) is 21.6. The van der Waals surface area contributed by atoms with Gasteiger partial charge in [-0.15, -0.1) is 0 Å². The van der Waals surface area contributed by atoms with Crippen LogP contribution in [-0.2, 0) is 16.2 Å². The third-order valence-electron chi connectivity index (χ3n) is 14.6. The molecule has 0 unspecified atom stereocenters. The molecule has 1 aliphatic heterocycles. The molecule has 2 aromatic heterocycles. The van der Waals surface area contributed by atoms with Crippen molar-refractivity contribution in [3.05, 3.63) is 275 Å². The molecule has 0 atom stereocenters. The summed E-state index contributed by atoms with van der Waals surface area (Å²) < 4.78 is 7.19. The van der Waals surface area contributed by atoms with Gasteiger partial charge >= 0.3 is 0 Å². The third kappa shape index (κ3) is 8.83. The maximum absolute atomic E-state index is 7.19. The normalized spacial score (nSPS) is 12.9. The van der Waals surface area contributed by atoms with E-state index < -0.39 is 5.41 Å². The van der Waals surface area contributed by atoms with Crippen molar-refractivity contribution < 1.29 is 4.74 Å². The molecule has 0 fully saturated rings. The van der Waals surface area contributed by atoms with Gasteiger partial charge in [-0.25, -0.2) is 0 Å². The molecular weight excluding hydrogens is 901 g/mol. The fourth-order valence-corrected chi connectivity index (χ4v) is 11.0. The monoisotopic (exact) mass is 962 g/mol. The summed E-state index contributed by atoms with van der Waals surface area (Å²) >= 11 is 0. The van der Waals surface area contributed by atoms with Crippen LogP contribution in [0.5, 0.6) is 11.5 Å². The van der Waals surface area contributed by atoms with Crippen LogP contribution in [-0.4, -0.2) is 9.97 Å². The first kappa shape index (κ1) is 47.8. The van der Waals surface area contributed by atoms with Crippen LogP contribution in [0.2, 0.25) is 0 Å². The number of benzene rings is 8. The molecule has 5 nitrogen and oxygen atoms in total. The number of aromatic nitrogens is 2. The Balaban J connectivity index is 1.05. The van der Waals surface area contributed by atoms with Gasteiger partial charge in [0, 0.05) is 40.7 Å². The number of nitrogens with zero attached hydrogens (tertiary/aromatic N) is 4. The molecule has 10 aromatic rings. The van der Waals surface area contributed by atoms with Crippen LogP contribution in [0.1, 0.15) is 86.2 Å². The zero-order chi connectivity index (χ0) is 51.2. The quantitative estimate of drug-likeness (QED) is 0.137. The average Bonchev–Trinajstić information content (AvgIpc) is 3.43. The second kappa shape index (κ2) is 19.1. The summed E-state index contributed by atoms with van der Waals surface area (Å²) in [5.74, 6) is 1.43. The van der Waals surface area contributed by atoms with Crippen molar-refractivity contribution in [2.45, 2.75) is 71.6 Å². The smallest absolute Gasteiger partial charge is 0.128 e. The van der Waals surface area contributed by atoms with Crippen molar-refractivity contribution in [3.63, 3.8) is 0 Å². The Morgan fingerprint density at radius 3 is 1.61 bits per heavy atom. The molecule has 0 spiro atoms. The Bertz CT molecular complexity index is 3500. The van der Waals surface area contributed by atoms with Crippen LogP contribution in [0, 0.1) is 13.8 Å². The van der Waals surface area contributed by atoms with E-state index in [1.54, 1.807) is 0 Å². The molecule has 0 radical (unpaired) electrons. The van der Waals surface area contributed by atoms with Crippen molar-refractivity contribution >= 4 is 34.1 Å². The number of anilines is 6. The van der Waals surface area contributed by atoms with E-state index in [2.05, 4.69) is 278 Å². The molecule has 0 aliphatic carbocycles. The zero-order valence-electron chi connectivity index (χ0n) is 43.6. The van der Waals surface area contributed by atoms with E-state index in [0.717, 1.165) is 73.3 Å². The first-order valence-corrected chi connectivity index (χ1v) is 25.7. The van der Waals surface area contributed by atoms with E-state index in [1.807, 2.05) is 18.5 Å². The van der Waals surface area contributed by atoms with E-state index in [-0.39, 0.29) is 10.8 Å². The minimum atomic E-state index is -0.791. The summed E-state index contributed by atoms with van der Waals surface area (Å²) in [6, 6.07) is 78.3. The van der Waals surface area contributed by atoms with Crippen LogP contribution >= 0.6 is 0 Å². The summed E-state index contributed by atoms with van der Waals surface area (Å²) in [6.07, 6.45) is 3.83. The highest BCUT2D eigenvalue weighted by Gasteiger charge is 2.47. The van der Waals surface area contributed by atoms with Gasteiger partial charge in [-0.2, -0.15) is 0 Å². The summed E-state index contributed by atoms with van der Waals surface area (Å²) in [5.41, 5.74) is 18.9. The van der Waals surface area contributed by atoms with Crippen molar-refractivity contribution in [3.8, 4) is 33.9 Å². The molecule has 0 saturated carbocycles. The molecule has 8 aromatic carbocycles. The standard InChI is InChI=1S/C69H62N4O/c1-47-20-18-21-48(2)66(47)50-42-49(62-46-57(39-41-70-62)72(55-35-31-51(32-36-55)67(3,4)5)56-37-33-52(34-38-56)68(6,7)8)43-59(44-50)74-58-25-19-22-53(45-58)69(65-30-16-17-40-71-65)60-26-12-14-28-63(60)73(54-23-10-9-11-24-54)64-29-15-13-27-61(64)69/h9-46H,1-8H3. The lowest BCUT2D eigenvalue weighted by Gasteiger charge is -2.45. The van der Waals surface area contributed by atoms with Crippen molar-refractivity contribution in [1.82, 2.24) is 9.97 Å². The van der Waals surface area contributed by atoms with Crippen LogP contribution in [0.3, 0.4) is 0 Å². The SMILES string of the molecule is Cc1cccc(C)c1-c1cc(Oc2cccc(C3(c4ccccn4)c4ccccc4N(c4ccccc4)c4ccccc43)c2)cc(-c2cc(N(c3ccc(C(C)(C)C)cc3)c3ccc(C(C)(C)C)cc3)ccn2)c1. The molecule has 3 heterocycles. The van der Waals surface area contributed by atoms with E-state index in [4.69, 9.17) is 14.7 Å². The molecule has 11 rings (SSSR count). The molecule has 0 amide bonds. The van der Waals surface area contributed by atoms with Gasteiger partial charge in [0.15, 0.2) is 0 Å². The molecule has 0 saturated heterocycles. The highest BCUT2D eigenvalue weighted by molar-refractivity contribution is 5.89. The number of rotatable bonds is 10. The molecule has 5 heteroatoms. The second-order valence-electron chi connectivity index (χ2n) is 21.6. The fraction of sp³-hybridized carbons (Fsp3) is 0.159. The first-order chi connectivity index (χ1) is 35.8. The number of para-hydroxylation sites is 3. The summed E-state index contributed by atoms with van der Waals surface area (Å²) in [5, 5.41) is 0.